The van der Waals surface area contributed by atoms with E-state index < -0.39 is 16.1 Å². The molecule has 0 heterocycles. The molecule has 100 valence electrons. The topological polar surface area (TPSA) is 75.3 Å². The van der Waals surface area contributed by atoms with Crippen LogP contribution in [0.1, 0.15) is 26.3 Å². The van der Waals surface area contributed by atoms with Crippen molar-refractivity contribution in [2.75, 3.05) is 7.05 Å². The molecule has 0 spiro atoms. The maximum absolute atomic E-state index is 11.8. The van der Waals surface area contributed by atoms with Crippen LogP contribution in [-0.2, 0) is 15.4 Å². The van der Waals surface area contributed by atoms with Crippen molar-refractivity contribution in [2.24, 2.45) is 0 Å². The van der Waals surface area contributed by atoms with Crippen molar-refractivity contribution >= 4 is 16.1 Å². The molecule has 18 heavy (non-hydrogen) atoms. The van der Waals surface area contributed by atoms with E-state index in [9.17, 15) is 13.2 Å². The molecular formula is C12H18N2O3S. The molecule has 0 unspecified atom stereocenters. The van der Waals surface area contributed by atoms with Gasteiger partial charge in [-0.25, -0.2) is 17.9 Å². The second-order valence-electron chi connectivity index (χ2n) is 4.96. The van der Waals surface area contributed by atoms with Crippen LogP contribution in [0.3, 0.4) is 0 Å². The highest BCUT2D eigenvalue weighted by atomic mass is 32.2. The number of rotatable bonds is 2. The molecule has 0 saturated heterocycles. The summed E-state index contributed by atoms with van der Waals surface area (Å²) in [6.45, 7) is 6.12. The summed E-state index contributed by atoms with van der Waals surface area (Å²) in [6, 6.07) is 5.73. The molecule has 0 fully saturated rings. The van der Waals surface area contributed by atoms with Gasteiger partial charge in [0.1, 0.15) is 0 Å². The highest BCUT2D eigenvalue weighted by Crippen LogP contribution is 2.23. The van der Waals surface area contributed by atoms with Gasteiger partial charge in [0.15, 0.2) is 0 Å². The molecule has 2 N–H and O–H groups in total. The molecule has 2 amide bonds. The van der Waals surface area contributed by atoms with Gasteiger partial charge in [0.05, 0.1) is 4.90 Å². The fourth-order valence-electron chi connectivity index (χ4n) is 1.37. The Balaban J connectivity index is 3.02. The average Bonchev–Trinajstić information content (AvgIpc) is 2.27. The third-order valence-electron chi connectivity index (χ3n) is 2.48. The number of amides is 2. The Hall–Kier alpha value is -1.56. The van der Waals surface area contributed by atoms with Gasteiger partial charge in [0.25, 0.3) is 10.0 Å². The Morgan fingerprint density at radius 2 is 1.61 bits per heavy atom. The van der Waals surface area contributed by atoms with E-state index in [1.807, 2.05) is 25.5 Å². The number of carbonyl (C=O) groups is 1. The lowest BCUT2D eigenvalue weighted by Crippen LogP contribution is -2.37. The van der Waals surface area contributed by atoms with Crippen LogP contribution < -0.4 is 10.0 Å². The van der Waals surface area contributed by atoms with Gasteiger partial charge >= 0.3 is 6.03 Å². The minimum Gasteiger partial charge on any atom is -0.340 e. The first-order valence-electron chi connectivity index (χ1n) is 5.52. The molecule has 0 aliphatic heterocycles. The van der Waals surface area contributed by atoms with Crippen molar-refractivity contribution < 1.29 is 13.2 Å². The van der Waals surface area contributed by atoms with E-state index in [1.165, 1.54) is 19.2 Å². The van der Waals surface area contributed by atoms with Gasteiger partial charge in [0, 0.05) is 7.05 Å². The second-order valence-corrected chi connectivity index (χ2v) is 6.64. The van der Waals surface area contributed by atoms with Crippen molar-refractivity contribution in [2.45, 2.75) is 31.1 Å². The lowest BCUT2D eigenvalue weighted by Gasteiger charge is -2.19. The first kappa shape index (κ1) is 14.5. The molecule has 1 aromatic rings. The third-order valence-corrected chi connectivity index (χ3v) is 3.83. The number of hydrogen-bond acceptors (Lipinski definition) is 3. The average molecular weight is 270 g/mol. The van der Waals surface area contributed by atoms with Crippen LogP contribution >= 0.6 is 0 Å². The largest absolute Gasteiger partial charge is 0.340 e. The van der Waals surface area contributed by atoms with E-state index in [2.05, 4.69) is 5.32 Å². The molecule has 0 aromatic heterocycles. The van der Waals surface area contributed by atoms with E-state index in [0.29, 0.717) is 0 Å². The number of urea groups is 1. The fraction of sp³-hybridized carbons (Fsp3) is 0.417. The Kier molecular flexibility index (Phi) is 4.01. The molecular weight excluding hydrogens is 252 g/mol. The standard InChI is InChI=1S/C12H18N2O3S/c1-12(2,3)9-5-7-10(8-6-9)18(16,17)14-11(15)13-4/h5-8H,1-4H3,(H2,13,14,15). The summed E-state index contributed by atoms with van der Waals surface area (Å²) in [7, 11) is -2.44. The lowest BCUT2D eigenvalue weighted by molar-refractivity contribution is 0.248. The predicted molar refractivity (Wildman–Crippen MR) is 69.9 cm³/mol. The van der Waals surface area contributed by atoms with Crippen LogP contribution in [0, 0.1) is 0 Å². The fourth-order valence-corrected chi connectivity index (χ4v) is 2.32. The summed E-state index contributed by atoms with van der Waals surface area (Å²) in [6.07, 6.45) is 0. The minimum atomic E-state index is -3.80. The van der Waals surface area contributed by atoms with Gasteiger partial charge in [-0.1, -0.05) is 32.9 Å². The van der Waals surface area contributed by atoms with E-state index in [0.717, 1.165) is 5.56 Å². The molecule has 5 nitrogen and oxygen atoms in total. The maximum atomic E-state index is 11.8. The highest BCUT2D eigenvalue weighted by molar-refractivity contribution is 7.90. The Bertz CT molecular complexity index is 527. The molecule has 0 radical (unpaired) electrons. The Morgan fingerprint density at radius 3 is 2.00 bits per heavy atom. The van der Waals surface area contributed by atoms with Crippen molar-refractivity contribution in [1.82, 2.24) is 10.0 Å². The summed E-state index contributed by atoms with van der Waals surface area (Å²) in [4.78, 5) is 11.1. The lowest BCUT2D eigenvalue weighted by atomic mass is 9.87. The van der Waals surface area contributed by atoms with Gasteiger partial charge in [-0.15, -0.1) is 0 Å². The van der Waals surface area contributed by atoms with E-state index in [-0.39, 0.29) is 10.3 Å². The Labute approximate surface area is 108 Å². The van der Waals surface area contributed by atoms with Crippen molar-refractivity contribution in [1.29, 1.82) is 0 Å². The quantitative estimate of drug-likeness (QED) is 0.857. The zero-order chi connectivity index (χ0) is 14.0. The maximum Gasteiger partial charge on any atom is 0.328 e. The molecule has 0 atom stereocenters. The van der Waals surface area contributed by atoms with Gasteiger partial charge < -0.3 is 5.32 Å². The summed E-state index contributed by atoms with van der Waals surface area (Å²) in [5.41, 5.74) is 0.984. The Morgan fingerprint density at radius 1 is 1.11 bits per heavy atom. The summed E-state index contributed by atoms with van der Waals surface area (Å²) < 4.78 is 25.5. The number of sulfonamides is 1. The van der Waals surface area contributed by atoms with Crippen LogP contribution in [0.2, 0.25) is 0 Å². The zero-order valence-electron chi connectivity index (χ0n) is 10.9. The van der Waals surface area contributed by atoms with Crippen LogP contribution in [0.15, 0.2) is 29.2 Å². The van der Waals surface area contributed by atoms with Gasteiger partial charge in [-0.2, -0.15) is 0 Å². The summed E-state index contributed by atoms with van der Waals surface area (Å²) >= 11 is 0. The zero-order valence-corrected chi connectivity index (χ0v) is 11.8. The van der Waals surface area contributed by atoms with Crippen molar-refractivity contribution in [3.63, 3.8) is 0 Å². The number of benzene rings is 1. The normalized spacial score (nSPS) is 12.0. The first-order chi connectivity index (χ1) is 8.16. The van der Waals surface area contributed by atoms with E-state index in [1.54, 1.807) is 12.1 Å². The summed E-state index contributed by atoms with van der Waals surface area (Å²) in [5.74, 6) is 0. The highest BCUT2D eigenvalue weighted by Gasteiger charge is 2.18. The summed E-state index contributed by atoms with van der Waals surface area (Å²) in [5, 5.41) is 2.20. The van der Waals surface area contributed by atoms with Crippen LogP contribution in [0.5, 0.6) is 0 Å². The van der Waals surface area contributed by atoms with E-state index >= 15 is 0 Å². The van der Waals surface area contributed by atoms with Crippen LogP contribution in [-0.4, -0.2) is 21.5 Å². The second kappa shape index (κ2) is 4.97. The van der Waals surface area contributed by atoms with E-state index in [4.69, 9.17) is 0 Å². The number of hydrogen-bond donors (Lipinski definition) is 2. The first-order valence-corrected chi connectivity index (χ1v) is 7.00. The van der Waals surface area contributed by atoms with Crippen LogP contribution in [0.4, 0.5) is 4.79 Å². The third kappa shape index (κ3) is 3.46. The van der Waals surface area contributed by atoms with Crippen molar-refractivity contribution in [3.05, 3.63) is 29.8 Å². The van der Waals surface area contributed by atoms with Gasteiger partial charge in [-0.3, -0.25) is 0 Å². The molecule has 0 bridgehead atoms. The van der Waals surface area contributed by atoms with Crippen molar-refractivity contribution in [3.8, 4) is 0 Å². The SMILES string of the molecule is CNC(=O)NS(=O)(=O)c1ccc(C(C)(C)C)cc1. The van der Waals surface area contributed by atoms with Gasteiger partial charge in [-0.05, 0) is 23.1 Å². The molecule has 0 aliphatic carbocycles. The monoisotopic (exact) mass is 270 g/mol. The number of nitrogens with one attached hydrogen (secondary N) is 2. The molecule has 1 aromatic carbocycles. The molecule has 6 heteroatoms. The molecule has 0 saturated carbocycles. The smallest absolute Gasteiger partial charge is 0.328 e. The number of carbonyl (C=O) groups excluding carboxylic acids is 1. The minimum absolute atomic E-state index is 0.0451. The van der Waals surface area contributed by atoms with Gasteiger partial charge in [0.2, 0.25) is 0 Å². The van der Waals surface area contributed by atoms with Crippen LogP contribution in [0.25, 0.3) is 0 Å². The predicted octanol–water partition coefficient (Wildman–Crippen LogP) is 1.60. The molecule has 1 rings (SSSR count). The molecule has 0 aliphatic rings.